The average Bonchev–Trinajstić information content (AvgIpc) is 3.04. The summed E-state index contributed by atoms with van der Waals surface area (Å²) in [4.78, 5) is 4.06. The molecule has 2 aromatic heterocycles. The second-order valence-electron chi connectivity index (χ2n) is 4.92. The number of hydrogen-bond donors (Lipinski definition) is 1. The molecule has 110 valence electrons. The molecule has 6 heteroatoms. The minimum atomic E-state index is 0.376. The molecule has 0 aliphatic carbocycles. The van der Waals surface area contributed by atoms with Gasteiger partial charge in [0.1, 0.15) is 0 Å². The molecule has 1 atom stereocenters. The molecular weight excluding hydrogens is 318 g/mol. The zero-order chi connectivity index (χ0) is 14.5. The monoisotopic (exact) mass is 339 g/mol. The van der Waals surface area contributed by atoms with E-state index in [2.05, 4.69) is 61.3 Å². The fourth-order valence-corrected chi connectivity index (χ4v) is 2.94. The zero-order valence-corrected chi connectivity index (χ0v) is 13.9. The number of nitrogens with one attached hydrogen (secondary N) is 1. The summed E-state index contributed by atoms with van der Waals surface area (Å²) < 4.78 is 5.30. The zero-order valence-electron chi connectivity index (χ0n) is 12.3. The summed E-state index contributed by atoms with van der Waals surface area (Å²) in [6.45, 7) is 9.06. The van der Waals surface area contributed by atoms with Crippen molar-refractivity contribution >= 4 is 15.9 Å². The first-order valence-electron chi connectivity index (χ1n) is 7.08. The Bertz CT molecular complexity index is 532. The average molecular weight is 340 g/mol. The highest BCUT2D eigenvalue weighted by Crippen LogP contribution is 2.22. The molecule has 1 unspecified atom stereocenters. The summed E-state index contributed by atoms with van der Waals surface area (Å²) in [6.07, 6.45) is 6.59. The molecule has 2 rings (SSSR count). The van der Waals surface area contributed by atoms with Gasteiger partial charge in [-0.2, -0.15) is 5.10 Å². The van der Waals surface area contributed by atoms with Crippen LogP contribution >= 0.6 is 15.9 Å². The summed E-state index contributed by atoms with van der Waals surface area (Å²) in [5.74, 6) is 0. The highest BCUT2D eigenvalue weighted by atomic mass is 79.9. The molecule has 0 amide bonds. The molecule has 20 heavy (non-hydrogen) atoms. The molecule has 2 aromatic rings. The Kier molecular flexibility index (Phi) is 5.37. The van der Waals surface area contributed by atoms with Crippen LogP contribution in [0.2, 0.25) is 0 Å². The summed E-state index contributed by atoms with van der Waals surface area (Å²) in [5, 5.41) is 8.17. The first kappa shape index (κ1) is 15.3. The minimum absolute atomic E-state index is 0.376. The Morgan fingerprint density at radius 2 is 2.20 bits per heavy atom. The fourth-order valence-electron chi connectivity index (χ4n) is 2.23. The van der Waals surface area contributed by atoms with E-state index in [0.717, 1.165) is 36.2 Å². The second-order valence-corrected chi connectivity index (χ2v) is 5.71. The van der Waals surface area contributed by atoms with Gasteiger partial charge in [-0.1, -0.05) is 6.92 Å². The van der Waals surface area contributed by atoms with Crippen LogP contribution in [0.25, 0.3) is 0 Å². The predicted molar refractivity (Wildman–Crippen MR) is 83.5 cm³/mol. The van der Waals surface area contributed by atoms with Crippen LogP contribution in [0, 0.1) is 0 Å². The van der Waals surface area contributed by atoms with Crippen LogP contribution in [0.15, 0.2) is 23.2 Å². The molecule has 0 fully saturated rings. The number of imidazole rings is 1. The van der Waals surface area contributed by atoms with Crippen molar-refractivity contribution in [3.8, 4) is 0 Å². The highest BCUT2D eigenvalue weighted by molar-refractivity contribution is 9.10. The third-order valence-electron chi connectivity index (χ3n) is 3.36. The van der Waals surface area contributed by atoms with Crippen LogP contribution in [0.5, 0.6) is 0 Å². The maximum atomic E-state index is 4.61. The quantitative estimate of drug-likeness (QED) is 0.843. The second kappa shape index (κ2) is 7.04. The first-order chi connectivity index (χ1) is 9.65. The summed E-state index contributed by atoms with van der Waals surface area (Å²) in [5.41, 5.74) is 2.35. The van der Waals surface area contributed by atoms with Crippen molar-refractivity contribution in [3.05, 3.63) is 34.6 Å². The molecular formula is C14H22BrN5. The Morgan fingerprint density at radius 3 is 2.80 bits per heavy atom. The van der Waals surface area contributed by atoms with E-state index < -0.39 is 0 Å². The molecule has 5 nitrogen and oxygen atoms in total. The van der Waals surface area contributed by atoms with Crippen molar-refractivity contribution in [1.82, 2.24) is 24.6 Å². The van der Waals surface area contributed by atoms with Crippen LogP contribution < -0.4 is 5.32 Å². The number of hydrogen-bond acceptors (Lipinski definition) is 3. The predicted octanol–water partition coefficient (Wildman–Crippen LogP) is 2.60. The van der Waals surface area contributed by atoms with E-state index in [1.807, 2.05) is 18.7 Å². The standard InChI is InChI=1S/C14H22BrN5/c1-4-12-14(15)13(20(5-2)18-12)8-17-11(3)9-19-7-6-16-10-19/h6-7,10-11,17H,4-5,8-9H2,1-3H3. The Balaban J connectivity index is 1.97. The Hall–Kier alpha value is -1.14. The van der Waals surface area contributed by atoms with Crippen LogP contribution in [0.1, 0.15) is 32.2 Å². The SMILES string of the molecule is CCc1nn(CC)c(CNC(C)Cn2ccnc2)c1Br. The molecule has 2 heterocycles. The molecule has 0 spiro atoms. The molecule has 1 N–H and O–H groups in total. The third kappa shape index (κ3) is 3.49. The largest absolute Gasteiger partial charge is 0.336 e. The van der Waals surface area contributed by atoms with E-state index in [-0.39, 0.29) is 0 Å². The molecule has 0 radical (unpaired) electrons. The molecule has 0 aliphatic rings. The van der Waals surface area contributed by atoms with Crippen molar-refractivity contribution in [2.24, 2.45) is 0 Å². The van der Waals surface area contributed by atoms with Crippen LogP contribution in [-0.4, -0.2) is 25.4 Å². The van der Waals surface area contributed by atoms with Gasteiger partial charge in [-0.25, -0.2) is 4.98 Å². The summed E-state index contributed by atoms with van der Waals surface area (Å²) in [6, 6.07) is 0.376. The van der Waals surface area contributed by atoms with Crippen molar-refractivity contribution in [2.75, 3.05) is 0 Å². The van der Waals surface area contributed by atoms with Gasteiger partial charge < -0.3 is 9.88 Å². The maximum Gasteiger partial charge on any atom is 0.0946 e. The molecule has 0 aliphatic heterocycles. The van der Waals surface area contributed by atoms with Gasteiger partial charge in [0.25, 0.3) is 0 Å². The van der Waals surface area contributed by atoms with Gasteiger partial charge in [0.2, 0.25) is 0 Å². The van der Waals surface area contributed by atoms with Crippen molar-refractivity contribution in [1.29, 1.82) is 0 Å². The normalized spacial score (nSPS) is 12.8. The number of halogens is 1. The molecule has 0 saturated carbocycles. The van der Waals surface area contributed by atoms with Gasteiger partial charge in [0.05, 0.1) is 22.2 Å². The fraction of sp³-hybridized carbons (Fsp3) is 0.571. The minimum Gasteiger partial charge on any atom is -0.336 e. The van der Waals surface area contributed by atoms with Gasteiger partial charge in [-0.05, 0) is 36.2 Å². The van der Waals surface area contributed by atoms with E-state index in [4.69, 9.17) is 0 Å². The van der Waals surface area contributed by atoms with Gasteiger partial charge in [0.15, 0.2) is 0 Å². The maximum absolute atomic E-state index is 4.61. The summed E-state index contributed by atoms with van der Waals surface area (Å²) in [7, 11) is 0. The van der Waals surface area contributed by atoms with E-state index >= 15 is 0 Å². The van der Waals surface area contributed by atoms with Crippen molar-refractivity contribution in [3.63, 3.8) is 0 Å². The van der Waals surface area contributed by atoms with Crippen LogP contribution in [0.3, 0.4) is 0 Å². The number of rotatable bonds is 7. The third-order valence-corrected chi connectivity index (χ3v) is 4.27. The lowest BCUT2D eigenvalue weighted by Crippen LogP contribution is -2.30. The lowest BCUT2D eigenvalue weighted by atomic mass is 10.2. The number of nitrogens with zero attached hydrogens (tertiary/aromatic N) is 4. The Morgan fingerprint density at radius 1 is 1.40 bits per heavy atom. The lowest BCUT2D eigenvalue weighted by molar-refractivity contribution is 0.461. The van der Waals surface area contributed by atoms with Crippen molar-refractivity contribution in [2.45, 2.75) is 52.9 Å². The lowest BCUT2D eigenvalue weighted by Gasteiger charge is -2.15. The van der Waals surface area contributed by atoms with Gasteiger partial charge >= 0.3 is 0 Å². The van der Waals surface area contributed by atoms with Gasteiger partial charge in [0, 0.05) is 38.1 Å². The molecule has 0 bridgehead atoms. The molecule has 0 saturated heterocycles. The number of aryl methyl sites for hydroxylation is 2. The van der Waals surface area contributed by atoms with E-state index in [1.54, 1.807) is 0 Å². The molecule has 0 aromatic carbocycles. The highest BCUT2D eigenvalue weighted by Gasteiger charge is 2.14. The topological polar surface area (TPSA) is 47.7 Å². The van der Waals surface area contributed by atoms with E-state index in [0.29, 0.717) is 6.04 Å². The van der Waals surface area contributed by atoms with E-state index in [9.17, 15) is 0 Å². The van der Waals surface area contributed by atoms with E-state index in [1.165, 1.54) is 5.69 Å². The van der Waals surface area contributed by atoms with Crippen LogP contribution in [-0.2, 0) is 26.1 Å². The smallest absolute Gasteiger partial charge is 0.0946 e. The van der Waals surface area contributed by atoms with Gasteiger partial charge in [-0.3, -0.25) is 4.68 Å². The Labute approximate surface area is 128 Å². The number of aromatic nitrogens is 4. The van der Waals surface area contributed by atoms with Gasteiger partial charge in [-0.15, -0.1) is 0 Å². The first-order valence-corrected chi connectivity index (χ1v) is 7.88. The summed E-state index contributed by atoms with van der Waals surface area (Å²) >= 11 is 3.68. The van der Waals surface area contributed by atoms with Crippen LogP contribution in [0.4, 0.5) is 0 Å². The van der Waals surface area contributed by atoms with Crippen molar-refractivity contribution < 1.29 is 0 Å².